The van der Waals surface area contributed by atoms with Gasteiger partial charge in [-0.05, 0) is 82.1 Å². The van der Waals surface area contributed by atoms with Crippen molar-refractivity contribution in [3.63, 3.8) is 0 Å². The van der Waals surface area contributed by atoms with E-state index in [1.165, 1.54) is 48.9 Å². The van der Waals surface area contributed by atoms with Crippen LogP contribution in [-0.4, -0.2) is 30.1 Å². The van der Waals surface area contributed by atoms with Gasteiger partial charge in [0.25, 0.3) is 0 Å². The molecule has 0 saturated heterocycles. The molecule has 3 rings (SSSR count). The molecule has 0 saturated carbocycles. The van der Waals surface area contributed by atoms with Crippen molar-refractivity contribution in [3.05, 3.63) is 47.2 Å². The minimum atomic E-state index is 0.728. The van der Waals surface area contributed by atoms with Crippen LogP contribution in [0.1, 0.15) is 42.5 Å². The van der Waals surface area contributed by atoms with Crippen LogP contribution in [0.3, 0.4) is 0 Å². The lowest BCUT2D eigenvalue weighted by Gasteiger charge is -2.16. The maximum Gasteiger partial charge on any atom is 0.0991 e. The van der Waals surface area contributed by atoms with Gasteiger partial charge in [-0.15, -0.1) is 0 Å². The van der Waals surface area contributed by atoms with E-state index in [4.69, 9.17) is 5.26 Å². The van der Waals surface area contributed by atoms with Gasteiger partial charge in [-0.2, -0.15) is 5.26 Å². The van der Waals surface area contributed by atoms with Gasteiger partial charge >= 0.3 is 0 Å². The van der Waals surface area contributed by atoms with Crippen LogP contribution in [0.5, 0.6) is 0 Å². The Morgan fingerprint density at radius 2 is 1.83 bits per heavy atom. The molecule has 0 radical (unpaired) electrons. The Balaban J connectivity index is 1.95. The Bertz CT molecular complexity index is 717. The second-order valence-electron chi connectivity index (χ2n) is 7.06. The van der Waals surface area contributed by atoms with Gasteiger partial charge < -0.3 is 9.47 Å². The molecule has 0 aliphatic heterocycles. The highest BCUT2D eigenvalue weighted by atomic mass is 15.1. The van der Waals surface area contributed by atoms with E-state index in [0.29, 0.717) is 0 Å². The number of hydrogen-bond acceptors (Lipinski definition) is 2. The van der Waals surface area contributed by atoms with Crippen molar-refractivity contribution >= 4 is 0 Å². The zero-order valence-electron chi connectivity index (χ0n) is 14.9. The summed E-state index contributed by atoms with van der Waals surface area (Å²) < 4.78 is 2.55. The van der Waals surface area contributed by atoms with Gasteiger partial charge in [0.1, 0.15) is 0 Å². The number of fused-ring (bicyclic) bond motifs is 1. The summed E-state index contributed by atoms with van der Waals surface area (Å²) in [5, 5.41) is 9.03. The molecule has 1 heterocycles. The van der Waals surface area contributed by atoms with Crippen molar-refractivity contribution in [2.24, 2.45) is 0 Å². The number of benzene rings is 1. The van der Waals surface area contributed by atoms with E-state index in [1.807, 2.05) is 12.1 Å². The molecule has 0 amide bonds. The fourth-order valence-corrected chi connectivity index (χ4v) is 3.70. The molecular weight excluding hydrogens is 294 g/mol. The molecule has 0 N–H and O–H groups in total. The zero-order valence-corrected chi connectivity index (χ0v) is 14.9. The topological polar surface area (TPSA) is 32.0 Å². The van der Waals surface area contributed by atoms with Crippen molar-refractivity contribution in [2.45, 2.75) is 45.1 Å². The lowest BCUT2D eigenvalue weighted by Crippen LogP contribution is -2.16. The molecule has 0 unspecified atom stereocenters. The maximum absolute atomic E-state index is 9.03. The molecule has 0 fully saturated rings. The second-order valence-corrected chi connectivity index (χ2v) is 7.06. The highest BCUT2D eigenvalue weighted by molar-refractivity contribution is 5.63. The monoisotopic (exact) mass is 321 g/mol. The van der Waals surface area contributed by atoms with Gasteiger partial charge in [-0.1, -0.05) is 18.6 Å². The Hall–Kier alpha value is -2.05. The van der Waals surface area contributed by atoms with Crippen LogP contribution in [-0.2, 0) is 19.4 Å². The SMILES string of the molecule is CN(C)CCCn1c(-c2ccc(C#N)cc2)cc2c1CCCCC2. The number of aromatic nitrogens is 1. The fourth-order valence-electron chi connectivity index (χ4n) is 3.70. The highest BCUT2D eigenvalue weighted by Gasteiger charge is 2.18. The van der Waals surface area contributed by atoms with Crippen LogP contribution < -0.4 is 0 Å². The van der Waals surface area contributed by atoms with E-state index in [0.717, 1.165) is 25.1 Å². The standard InChI is InChI=1S/C21H27N3/c1-23(2)13-6-14-24-20-8-5-3-4-7-19(20)15-21(24)18-11-9-17(16-22)10-12-18/h9-12,15H,3-8,13-14H2,1-2H3. The Kier molecular flexibility index (Phi) is 5.37. The van der Waals surface area contributed by atoms with E-state index < -0.39 is 0 Å². The predicted molar refractivity (Wildman–Crippen MR) is 99.0 cm³/mol. The minimum absolute atomic E-state index is 0.728. The third-order valence-electron chi connectivity index (χ3n) is 4.95. The summed E-state index contributed by atoms with van der Waals surface area (Å²) in [5.41, 5.74) is 6.37. The van der Waals surface area contributed by atoms with E-state index in [9.17, 15) is 0 Å². The fraction of sp³-hybridized carbons (Fsp3) is 0.476. The quantitative estimate of drug-likeness (QED) is 0.771. The highest BCUT2D eigenvalue weighted by Crippen LogP contribution is 2.31. The van der Waals surface area contributed by atoms with Crippen LogP contribution >= 0.6 is 0 Å². The number of nitrogens with zero attached hydrogens (tertiary/aromatic N) is 3. The average Bonchev–Trinajstić information content (AvgIpc) is 2.77. The normalized spacial score (nSPS) is 14.2. The first kappa shape index (κ1) is 16.8. The molecule has 3 heteroatoms. The van der Waals surface area contributed by atoms with Gasteiger partial charge in [0.05, 0.1) is 11.6 Å². The second kappa shape index (κ2) is 7.68. The molecule has 1 aromatic carbocycles. The molecule has 2 aromatic rings. The summed E-state index contributed by atoms with van der Waals surface area (Å²) >= 11 is 0. The minimum Gasteiger partial charge on any atom is -0.344 e. The summed E-state index contributed by atoms with van der Waals surface area (Å²) in [5.74, 6) is 0. The number of aryl methyl sites for hydroxylation is 1. The van der Waals surface area contributed by atoms with Gasteiger partial charge in [0.2, 0.25) is 0 Å². The van der Waals surface area contributed by atoms with Gasteiger partial charge in [-0.3, -0.25) is 0 Å². The summed E-state index contributed by atoms with van der Waals surface area (Å²) in [6, 6.07) is 12.7. The van der Waals surface area contributed by atoms with Crippen LogP contribution in [0.2, 0.25) is 0 Å². The van der Waals surface area contributed by atoms with Crippen LogP contribution in [0, 0.1) is 11.3 Å². The van der Waals surface area contributed by atoms with Crippen LogP contribution in [0.25, 0.3) is 11.3 Å². The summed E-state index contributed by atoms with van der Waals surface area (Å²) in [6.07, 6.45) is 7.53. The number of rotatable bonds is 5. The van der Waals surface area contributed by atoms with Crippen molar-refractivity contribution in [2.75, 3.05) is 20.6 Å². The van der Waals surface area contributed by atoms with Gasteiger partial charge in [0, 0.05) is 17.9 Å². The number of hydrogen-bond donors (Lipinski definition) is 0. The smallest absolute Gasteiger partial charge is 0.0991 e. The molecular formula is C21H27N3. The first-order chi connectivity index (χ1) is 11.7. The average molecular weight is 321 g/mol. The first-order valence-corrected chi connectivity index (χ1v) is 9.05. The van der Waals surface area contributed by atoms with E-state index in [-0.39, 0.29) is 0 Å². The van der Waals surface area contributed by atoms with Crippen LogP contribution in [0.4, 0.5) is 0 Å². The molecule has 1 aliphatic carbocycles. The predicted octanol–water partition coefficient (Wildman–Crippen LogP) is 4.25. The molecule has 0 spiro atoms. The lowest BCUT2D eigenvalue weighted by molar-refractivity contribution is 0.385. The van der Waals surface area contributed by atoms with Crippen molar-refractivity contribution in [1.29, 1.82) is 5.26 Å². The first-order valence-electron chi connectivity index (χ1n) is 9.05. The van der Waals surface area contributed by atoms with Crippen LogP contribution in [0.15, 0.2) is 30.3 Å². The largest absolute Gasteiger partial charge is 0.344 e. The Morgan fingerprint density at radius 1 is 1.08 bits per heavy atom. The van der Waals surface area contributed by atoms with E-state index >= 15 is 0 Å². The third kappa shape index (κ3) is 3.71. The Morgan fingerprint density at radius 3 is 2.54 bits per heavy atom. The molecule has 0 bridgehead atoms. The van der Waals surface area contributed by atoms with Crippen molar-refractivity contribution < 1.29 is 0 Å². The Labute approximate surface area is 145 Å². The third-order valence-corrected chi connectivity index (χ3v) is 4.95. The van der Waals surface area contributed by atoms with E-state index in [1.54, 1.807) is 5.69 Å². The van der Waals surface area contributed by atoms with Gasteiger partial charge in [0.15, 0.2) is 0 Å². The molecule has 1 aliphatic rings. The summed E-state index contributed by atoms with van der Waals surface area (Å²) in [7, 11) is 4.27. The zero-order chi connectivity index (χ0) is 16.9. The summed E-state index contributed by atoms with van der Waals surface area (Å²) in [6.45, 7) is 2.18. The number of nitriles is 1. The molecule has 126 valence electrons. The van der Waals surface area contributed by atoms with Gasteiger partial charge in [-0.25, -0.2) is 0 Å². The molecule has 24 heavy (non-hydrogen) atoms. The molecule has 0 atom stereocenters. The molecule has 3 nitrogen and oxygen atoms in total. The van der Waals surface area contributed by atoms with Crippen molar-refractivity contribution in [3.8, 4) is 17.3 Å². The van der Waals surface area contributed by atoms with E-state index in [2.05, 4.69) is 47.8 Å². The maximum atomic E-state index is 9.03. The lowest BCUT2D eigenvalue weighted by atomic mass is 10.1. The summed E-state index contributed by atoms with van der Waals surface area (Å²) in [4.78, 5) is 2.25. The molecule has 1 aromatic heterocycles. The van der Waals surface area contributed by atoms with Crippen molar-refractivity contribution in [1.82, 2.24) is 9.47 Å².